The molecule has 15 heteroatoms. The van der Waals surface area contributed by atoms with Gasteiger partial charge >= 0.3 is 10.4 Å². The lowest BCUT2D eigenvalue weighted by molar-refractivity contribution is -0.315. The molecule has 6 N–H and O–H groups in total. The van der Waals surface area contributed by atoms with Crippen LogP contribution in [-0.2, 0) is 38.3 Å². The number of hydrogen-bond acceptors (Lipinski definition) is 13. The van der Waals surface area contributed by atoms with Crippen molar-refractivity contribution in [3.8, 4) is 0 Å². The number of aliphatic hydroxyl groups excluding tert-OH is 5. The van der Waals surface area contributed by atoms with Crippen LogP contribution in [0.4, 0.5) is 0 Å². The summed E-state index contributed by atoms with van der Waals surface area (Å²) >= 11 is 0. The van der Waals surface area contributed by atoms with Crippen molar-refractivity contribution in [2.45, 2.75) is 153 Å². The van der Waals surface area contributed by atoms with Gasteiger partial charge in [-0.15, -0.1) is 0 Å². The van der Waals surface area contributed by atoms with Crippen LogP contribution in [0.25, 0.3) is 0 Å². The molecule has 4 aliphatic carbocycles. The molecule has 0 aromatic rings. The number of aliphatic hydroxyl groups is 5. The molecule has 49 heavy (non-hydrogen) atoms. The molecule has 6 aliphatic rings. The maximum Gasteiger partial charge on any atom is 0.397 e. The van der Waals surface area contributed by atoms with E-state index in [1.807, 2.05) is 6.92 Å². The van der Waals surface area contributed by atoms with Crippen LogP contribution >= 0.6 is 0 Å². The molecule has 0 aromatic heterocycles. The second kappa shape index (κ2) is 14.2. The molecular weight excluding hydrogens is 664 g/mol. The van der Waals surface area contributed by atoms with Crippen molar-refractivity contribution in [2.75, 3.05) is 13.7 Å². The number of methoxy groups -OCH3 is 1. The van der Waals surface area contributed by atoms with Gasteiger partial charge < -0.3 is 49.2 Å². The SMILES string of the molecule is CO[C@@H]1C[C@H](O[C@H]2CC[C@@]3(C)C(=CC[C@H]4[C@@H]5C[C@@H](O[C@@H]6O[C@H](COS(=O)(=O)O)[C@@H](O)[C@H](O)[C@H]6O)[C@H]([C@H](C)O)[C@@]5(C)CC[C@@H]43)C2)O[C@H](C)[C@H]1O. The molecule has 14 nitrogen and oxygen atoms in total. The molecule has 0 bridgehead atoms. The van der Waals surface area contributed by atoms with E-state index in [0.29, 0.717) is 24.7 Å². The number of fused-ring (bicyclic) bond motifs is 5. The van der Waals surface area contributed by atoms with E-state index >= 15 is 0 Å². The van der Waals surface area contributed by atoms with Gasteiger partial charge in [0.05, 0.1) is 37.1 Å². The Kier molecular flexibility index (Phi) is 11.0. The molecule has 2 saturated heterocycles. The van der Waals surface area contributed by atoms with Crippen LogP contribution in [0.3, 0.4) is 0 Å². The highest BCUT2D eigenvalue weighted by molar-refractivity contribution is 7.80. The number of ether oxygens (including phenoxy) is 5. The average molecular weight is 721 g/mol. The first-order valence-electron chi connectivity index (χ1n) is 17.8. The monoisotopic (exact) mass is 720 g/mol. The van der Waals surface area contributed by atoms with Gasteiger partial charge in [-0.3, -0.25) is 4.55 Å². The molecule has 3 saturated carbocycles. The first-order chi connectivity index (χ1) is 23.0. The summed E-state index contributed by atoms with van der Waals surface area (Å²) in [4.78, 5) is 0. The van der Waals surface area contributed by atoms with Crippen molar-refractivity contribution in [2.24, 2.45) is 34.5 Å². The largest absolute Gasteiger partial charge is 0.397 e. The third-order valence-corrected chi connectivity index (χ3v) is 13.8. The molecule has 18 atom stereocenters. The van der Waals surface area contributed by atoms with E-state index in [0.717, 1.165) is 38.5 Å². The van der Waals surface area contributed by atoms with E-state index in [2.05, 4.69) is 24.1 Å². The summed E-state index contributed by atoms with van der Waals surface area (Å²) in [5.41, 5.74) is 1.14. The van der Waals surface area contributed by atoms with E-state index in [1.54, 1.807) is 14.0 Å². The van der Waals surface area contributed by atoms with Crippen molar-refractivity contribution in [3.63, 3.8) is 0 Å². The highest BCUT2D eigenvalue weighted by Gasteiger charge is 2.63. The summed E-state index contributed by atoms with van der Waals surface area (Å²) in [6, 6.07) is 0. The van der Waals surface area contributed by atoms with Gasteiger partial charge in [0.1, 0.15) is 30.5 Å². The Morgan fingerprint density at radius 1 is 0.959 bits per heavy atom. The Morgan fingerprint density at radius 2 is 1.69 bits per heavy atom. The standard InChI is InChI=1S/C34H56O14S/c1-16(35)27-23(47-32-31(39)30(38)29(37)25(48-32)15-44-49(40,41)42)13-22-20-7-6-18-12-19(46-26-14-24(43-5)28(36)17(2)45-26)8-10-33(18,3)21(20)9-11-34(22,27)4/h6,16-17,19-32,35-39H,7-15H2,1-5H3,(H,40,41,42)/t16-,17+,19-,20+,21-,22-,23+,24+,25+,26-,27-,28+,29+,30-,31+,32+,33-,34-/m0/s1. The zero-order valence-corrected chi connectivity index (χ0v) is 29.9. The second-order valence-corrected chi connectivity index (χ2v) is 17.1. The molecule has 0 unspecified atom stereocenters. The smallest absolute Gasteiger partial charge is 0.393 e. The predicted molar refractivity (Wildman–Crippen MR) is 172 cm³/mol. The van der Waals surface area contributed by atoms with Crippen LogP contribution in [0.15, 0.2) is 11.6 Å². The van der Waals surface area contributed by atoms with Crippen LogP contribution in [0.2, 0.25) is 0 Å². The van der Waals surface area contributed by atoms with E-state index in [4.69, 9.17) is 28.2 Å². The van der Waals surface area contributed by atoms with Crippen LogP contribution in [-0.4, -0.2) is 126 Å². The highest BCUT2D eigenvalue weighted by Crippen LogP contribution is 2.67. The Balaban J connectivity index is 1.16. The van der Waals surface area contributed by atoms with Gasteiger partial charge in [-0.2, -0.15) is 8.42 Å². The van der Waals surface area contributed by atoms with Gasteiger partial charge in [0.2, 0.25) is 0 Å². The third kappa shape index (κ3) is 7.15. The van der Waals surface area contributed by atoms with E-state index in [1.165, 1.54) is 5.57 Å². The maximum absolute atomic E-state index is 11.2. The van der Waals surface area contributed by atoms with Crippen LogP contribution in [0.1, 0.15) is 79.1 Å². The number of hydrogen-bond donors (Lipinski definition) is 6. The fourth-order valence-corrected chi connectivity index (χ4v) is 11.1. The van der Waals surface area contributed by atoms with Gasteiger partial charge in [-0.25, -0.2) is 4.18 Å². The fourth-order valence-electron chi connectivity index (χ4n) is 10.8. The van der Waals surface area contributed by atoms with Gasteiger partial charge in [-0.1, -0.05) is 25.5 Å². The van der Waals surface area contributed by atoms with E-state index in [-0.39, 0.29) is 41.0 Å². The normalized spacial score (nSPS) is 50.9. The minimum absolute atomic E-state index is 0.00145. The number of allylic oxidation sites excluding steroid dienone is 1. The Hall–Kier alpha value is -0.790. The highest BCUT2D eigenvalue weighted by atomic mass is 32.3. The summed E-state index contributed by atoms with van der Waals surface area (Å²) in [5.74, 6) is 0.658. The fraction of sp³-hybridized carbons (Fsp3) is 0.941. The minimum Gasteiger partial charge on any atom is -0.393 e. The minimum atomic E-state index is -4.84. The molecule has 0 spiro atoms. The van der Waals surface area contributed by atoms with Gasteiger partial charge in [-0.05, 0) is 87.4 Å². The first kappa shape index (κ1) is 38.0. The summed E-state index contributed by atoms with van der Waals surface area (Å²) < 4.78 is 65.7. The van der Waals surface area contributed by atoms with E-state index in [9.17, 15) is 34.0 Å². The summed E-state index contributed by atoms with van der Waals surface area (Å²) in [7, 11) is -3.24. The molecule has 0 amide bonds. The molecule has 5 fully saturated rings. The van der Waals surface area contributed by atoms with Crippen molar-refractivity contribution < 1.29 is 66.4 Å². The van der Waals surface area contributed by atoms with Crippen molar-refractivity contribution in [3.05, 3.63) is 11.6 Å². The van der Waals surface area contributed by atoms with Crippen LogP contribution < -0.4 is 0 Å². The zero-order valence-electron chi connectivity index (χ0n) is 29.0. The molecule has 282 valence electrons. The molecule has 6 rings (SSSR count). The molecule has 2 aliphatic heterocycles. The van der Waals surface area contributed by atoms with Crippen LogP contribution in [0, 0.1) is 34.5 Å². The van der Waals surface area contributed by atoms with E-state index < -0.39 is 72.3 Å². The molecule has 0 radical (unpaired) electrons. The Bertz CT molecular complexity index is 1310. The lowest BCUT2D eigenvalue weighted by Crippen LogP contribution is -2.60. The quantitative estimate of drug-likeness (QED) is 0.147. The topological polar surface area (TPSA) is 211 Å². The van der Waals surface area contributed by atoms with Crippen molar-refractivity contribution >= 4 is 10.4 Å². The van der Waals surface area contributed by atoms with Gasteiger partial charge in [0.25, 0.3) is 0 Å². The summed E-state index contributed by atoms with van der Waals surface area (Å²) in [6.07, 6.45) is -2.05. The summed E-state index contributed by atoms with van der Waals surface area (Å²) in [5, 5.41) is 53.3. The lowest BCUT2D eigenvalue weighted by atomic mass is 9.47. The van der Waals surface area contributed by atoms with Gasteiger partial charge in [0, 0.05) is 19.4 Å². The Morgan fingerprint density at radius 3 is 2.37 bits per heavy atom. The first-order valence-corrected chi connectivity index (χ1v) is 19.2. The molecule has 0 aromatic carbocycles. The maximum atomic E-state index is 11.2. The average Bonchev–Trinajstić information content (AvgIpc) is 3.34. The van der Waals surface area contributed by atoms with Crippen molar-refractivity contribution in [1.29, 1.82) is 0 Å². The van der Waals surface area contributed by atoms with Crippen LogP contribution in [0.5, 0.6) is 0 Å². The number of rotatable bonds is 9. The van der Waals surface area contributed by atoms with Gasteiger partial charge in [0.15, 0.2) is 12.6 Å². The zero-order chi connectivity index (χ0) is 35.6. The molecular formula is C34H56O14S. The predicted octanol–water partition coefficient (Wildman–Crippen LogP) is 1.46. The second-order valence-electron chi connectivity index (χ2n) is 16.0. The summed E-state index contributed by atoms with van der Waals surface area (Å²) in [6.45, 7) is 7.39. The Labute approximate surface area is 289 Å². The molecule has 2 heterocycles. The third-order valence-electron chi connectivity index (χ3n) is 13.3. The van der Waals surface area contributed by atoms with Crippen molar-refractivity contribution in [1.82, 2.24) is 0 Å². The lowest BCUT2D eigenvalue weighted by Gasteiger charge is -2.58.